The first kappa shape index (κ1) is 14.4. The fraction of sp³-hybridized carbons (Fsp3) is 0.571. The Hall–Kier alpha value is -1.98. The number of carbonyl (C=O) groups is 2. The van der Waals surface area contributed by atoms with Gasteiger partial charge in [0, 0.05) is 12.1 Å². The van der Waals surface area contributed by atoms with E-state index in [1.807, 2.05) is 11.8 Å². The van der Waals surface area contributed by atoms with Gasteiger partial charge in [0.15, 0.2) is 5.69 Å². The second-order valence-corrected chi connectivity index (χ2v) is 5.52. The molecule has 6 nitrogen and oxygen atoms in total. The van der Waals surface area contributed by atoms with Crippen molar-refractivity contribution in [1.29, 1.82) is 0 Å². The zero-order chi connectivity index (χ0) is 14.9. The summed E-state index contributed by atoms with van der Waals surface area (Å²) in [6.45, 7) is 6.18. The van der Waals surface area contributed by atoms with Gasteiger partial charge in [-0.25, -0.2) is 14.8 Å². The molecule has 1 aliphatic carbocycles. The van der Waals surface area contributed by atoms with E-state index in [1.165, 1.54) is 6.20 Å². The number of carboxylic acids is 1. The van der Waals surface area contributed by atoms with Gasteiger partial charge in [-0.2, -0.15) is 0 Å². The summed E-state index contributed by atoms with van der Waals surface area (Å²) in [5.74, 6) is -0.963. The van der Waals surface area contributed by atoms with Gasteiger partial charge >= 0.3 is 5.97 Å². The van der Waals surface area contributed by atoms with Crippen LogP contribution in [0, 0.1) is 5.92 Å². The molecule has 0 bridgehead atoms. The third-order valence-corrected chi connectivity index (χ3v) is 3.67. The molecule has 0 saturated heterocycles. The summed E-state index contributed by atoms with van der Waals surface area (Å²) >= 11 is 0. The molecule has 1 unspecified atom stereocenters. The molecule has 1 saturated carbocycles. The first-order chi connectivity index (χ1) is 9.41. The third-order valence-electron chi connectivity index (χ3n) is 3.67. The van der Waals surface area contributed by atoms with Gasteiger partial charge in [-0.1, -0.05) is 13.8 Å². The largest absolute Gasteiger partial charge is 0.476 e. The summed E-state index contributed by atoms with van der Waals surface area (Å²) in [5, 5.41) is 8.78. The number of hydrogen-bond acceptors (Lipinski definition) is 4. The molecule has 0 aliphatic heterocycles. The first-order valence-electron chi connectivity index (χ1n) is 6.79. The molecule has 0 aromatic carbocycles. The number of carbonyl (C=O) groups excluding carboxylic acids is 1. The quantitative estimate of drug-likeness (QED) is 0.887. The van der Waals surface area contributed by atoms with E-state index in [9.17, 15) is 9.59 Å². The second-order valence-electron chi connectivity index (χ2n) is 5.52. The highest BCUT2D eigenvalue weighted by Crippen LogP contribution is 2.31. The van der Waals surface area contributed by atoms with E-state index in [0.29, 0.717) is 5.92 Å². The highest BCUT2D eigenvalue weighted by molar-refractivity contribution is 5.93. The summed E-state index contributed by atoms with van der Waals surface area (Å²) in [7, 11) is 0. The molecule has 1 heterocycles. The van der Waals surface area contributed by atoms with Crippen LogP contribution in [0.3, 0.4) is 0 Å². The minimum atomic E-state index is -1.15. The number of carboxylic acid groups (broad SMARTS) is 1. The molecule has 1 aromatic heterocycles. The van der Waals surface area contributed by atoms with Gasteiger partial charge in [-0.05, 0) is 25.7 Å². The maximum atomic E-state index is 12.5. The van der Waals surface area contributed by atoms with Gasteiger partial charge < -0.3 is 10.0 Å². The summed E-state index contributed by atoms with van der Waals surface area (Å²) in [4.78, 5) is 32.8. The van der Waals surface area contributed by atoms with Crippen LogP contribution in [0.5, 0.6) is 0 Å². The molecule has 1 aliphatic rings. The van der Waals surface area contributed by atoms with Crippen LogP contribution >= 0.6 is 0 Å². The van der Waals surface area contributed by atoms with Crippen molar-refractivity contribution >= 4 is 11.9 Å². The highest BCUT2D eigenvalue weighted by Gasteiger charge is 2.37. The van der Waals surface area contributed by atoms with E-state index in [-0.39, 0.29) is 29.4 Å². The predicted octanol–water partition coefficient (Wildman–Crippen LogP) is 1.82. The minimum absolute atomic E-state index is 0.121. The topological polar surface area (TPSA) is 83.4 Å². The van der Waals surface area contributed by atoms with Gasteiger partial charge in [0.2, 0.25) is 0 Å². The Morgan fingerprint density at radius 2 is 1.75 bits per heavy atom. The lowest BCUT2D eigenvalue weighted by molar-refractivity contribution is 0.0617. The molecule has 1 fully saturated rings. The van der Waals surface area contributed by atoms with E-state index in [0.717, 1.165) is 19.0 Å². The van der Waals surface area contributed by atoms with Crippen molar-refractivity contribution in [1.82, 2.24) is 14.9 Å². The summed E-state index contributed by atoms with van der Waals surface area (Å²) in [6, 6.07) is 0.400. The molecule has 0 radical (unpaired) electrons. The van der Waals surface area contributed by atoms with Crippen molar-refractivity contribution in [3.63, 3.8) is 0 Å². The minimum Gasteiger partial charge on any atom is -0.476 e. The SMILES string of the molecule is CC(C)C(C)N(C(=O)c1cnc(C(=O)O)cn1)C1CC1. The maximum Gasteiger partial charge on any atom is 0.356 e. The van der Waals surface area contributed by atoms with E-state index < -0.39 is 5.97 Å². The van der Waals surface area contributed by atoms with E-state index in [1.54, 1.807) is 0 Å². The first-order valence-corrected chi connectivity index (χ1v) is 6.79. The van der Waals surface area contributed by atoms with E-state index >= 15 is 0 Å². The Labute approximate surface area is 117 Å². The fourth-order valence-corrected chi connectivity index (χ4v) is 2.04. The number of hydrogen-bond donors (Lipinski definition) is 1. The molecule has 6 heteroatoms. The van der Waals surface area contributed by atoms with E-state index in [4.69, 9.17) is 5.11 Å². The molecule has 20 heavy (non-hydrogen) atoms. The van der Waals surface area contributed by atoms with Crippen LogP contribution in [-0.4, -0.2) is 43.9 Å². The summed E-state index contributed by atoms with van der Waals surface area (Å²) in [5.41, 5.74) is 0.0471. The van der Waals surface area contributed by atoms with Crippen LogP contribution in [0.25, 0.3) is 0 Å². The molecule has 1 N–H and O–H groups in total. The Bertz CT molecular complexity index is 509. The van der Waals surface area contributed by atoms with Crippen LogP contribution in [0.1, 0.15) is 54.6 Å². The fourth-order valence-electron chi connectivity index (χ4n) is 2.04. The average molecular weight is 277 g/mol. The highest BCUT2D eigenvalue weighted by atomic mass is 16.4. The standard InChI is InChI=1S/C14H19N3O3/c1-8(2)9(3)17(10-4-5-10)13(18)11-6-16-12(7-15-11)14(19)20/h6-10H,4-5H2,1-3H3,(H,19,20). The summed E-state index contributed by atoms with van der Waals surface area (Å²) in [6.07, 6.45) is 4.40. The lowest BCUT2D eigenvalue weighted by Crippen LogP contribution is -2.43. The molecule has 1 aromatic rings. The van der Waals surface area contributed by atoms with Gasteiger partial charge in [0.05, 0.1) is 12.4 Å². The molecular formula is C14H19N3O3. The lowest BCUT2D eigenvalue weighted by atomic mass is 10.0. The van der Waals surface area contributed by atoms with Crippen molar-refractivity contribution in [2.75, 3.05) is 0 Å². The molecule has 1 atom stereocenters. The predicted molar refractivity (Wildman–Crippen MR) is 72.5 cm³/mol. The van der Waals surface area contributed by atoms with Crippen LogP contribution in [0.2, 0.25) is 0 Å². The maximum absolute atomic E-state index is 12.5. The Morgan fingerprint density at radius 1 is 1.20 bits per heavy atom. The zero-order valence-corrected chi connectivity index (χ0v) is 11.9. The Kier molecular flexibility index (Phi) is 4.01. The number of rotatable bonds is 5. The molecule has 1 amide bonds. The van der Waals surface area contributed by atoms with Gasteiger partial charge in [-0.3, -0.25) is 4.79 Å². The van der Waals surface area contributed by atoms with Gasteiger partial charge in [-0.15, -0.1) is 0 Å². The van der Waals surface area contributed by atoms with Crippen LogP contribution in [-0.2, 0) is 0 Å². The smallest absolute Gasteiger partial charge is 0.356 e. The molecular weight excluding hydrogens is 258 g/mol. The number of nitrogens with zero attached hydrogens (tertiary/aromatic N) is 3. The van der Waals surface area contributed by atoms with Crippen LogP contribution < -0.4 is 0 Å². The third kappa shape index (κ3) is 2.95. The van der Waals surface area contributed by atoms with Crippen molar-refractivity contribution in [3.8, 4) is 0 Å². The summed E-state index contributed by atoms with van der Waals surface area (Å²) < 4.78 is 0. The second kappa shape index (κ2) is 5.56. The monoisotopic (exact) mass is 277 g/mol. The van der Waals surface area contributed by atoms with Crippen LogP contribution in [0.4, 0.5) is 0 Å². The molecule has 2 rings (SSSR count). The van der Waals surface area contributed by atoms with Crippen molar-refractivity contribution in [2.45, 2.75) is 45.7 Å². The van der Waals surface area contributed by atoms with Crippen molar-refractivity contribution in [3.05, 3.63) is 23.8 Å². The van der Waals surface area contributed by atoms with Crippen LogP contribution in [0.15, 0.2) is 12.4 Å². The average Bonchev–Trinajstić information content (AvgIpc) is 3.23. The molecule has 108 valence electrons. The van der Waals surface area contributed by atoms with E-state index in [2.05, 4.69) is 23.8 Å². The Morgan fingerprint density at radius 3 is 2.15 bits per heavy atom. The lowest BCUT2D eigenvalue weighted by Gasteiger charge is -2.31. The zero-order valence-electron chi connectivity index (χ0n) is 11.9. The van der Waals surface area contributed by atoms with Gasteiger partial charge in [0.1, 0.15) is 5.69 Å². The van der Waals surface area contributed by atoms with Crippen molar-refractivity contribution < 1.29 is 14.7 Å². The van der Waals surface area contributed by atoms with Crippen molar-refractivity contribution in [2.24, 2.45) is 5.92 Å². The normalized spacial score (nSPS) is 16.0. The molecule has 0 spiro atoms. The number of amides is 1. The Balaban J connectivity index is 2.21. The number of aromatic carboxylic acids is 1. The number of aromatic nitrogens is 2. The van der Waals surface area contributed by atoms with Gasteiger partial charge in [0.25, 0.3) is 5.91 Å².